The minimum Gasteiger partial charge on any atom is -0.481 e. The molecule has 3 heterocycles. The van der Waals surface area contributed by atoms with Gasteiger partial charge in [-0.2, -0.15) is 0 Å². The molecule has 3 aromatic rings. The predicted octanol–water partition coefficient (Wildman–Crippen LogP) is 1.81. The third kappa shape index (κ3) is 2.18. The van der Waals surface area contributed by atoms with E-state index in [1.54, 1.807) is 22.7 Å². The summed E-state index contributed by atoms with van der Waals surface area (Å²) in [4.78, 5) is 23.5. The van der Waals surface area contributed by atoms with E-state index in [2.05, 4.69) is 15.0 Å². The molecule has 106 valence electrons. The highest BCUT2D eigenvalue weighted by atomic mass is 16.5. The quantitative estimate of drug-likeness (QED) is 0.788. The molecule has 0 bridgehead atoms. The van der Waals surface area contributed by atoms with Crippen molar-refractivity contribution < 1.29 is 14.6 Å². The zero-order valence-corrected chi connectivity index (χ0v) is 11.4. The summed E-state index contributed by atoms with van der Waals surface area (Å²) in [6.45, 7) is 1.86. The van der Waals surface area contributed by atoms with Crippen LogP contribution in [0.4, 0.5) is 0 Å². The largest absolute Gasteiger partial charge is 0.481 e. The van der Waals surface area contributed by atoms with E-state index in [0.29, 0.717) is 17.2 Å². The fourth-order valence-corrected chi connectivity index (χ4v) is 2.10. The van der Waals surface area contributed by atoms with Gasteiger partial charge >= 0.3 is 5.97 Å². The first kappa shape index (κ1) is 13.0. The molecular formula is C14H12N4O3. The smallest absolute Gasteiger partial charge is 0.358 e. The van der Waals surface area contributed by atoms with Gasteiger partial charge < -0.3 is 9.84 Å². The molecule has 0 saturated carbocycles. The molecule has 0 unspecified atom stereocenters. The van der Waals surface area contributed by atoms with E-state index >= 15 is 0 Å². The van der Waals surface area contributed by atoms with E-state index in [1.807, 2.05) is 13.0 Å². The Morgan fingerprint density at radius 1 is 1.33 bits per heavy atom. The molecule has 0 radical (unpaired) electrons. The van der Waals surface area contributed by atoms with E-state index < -0.39 is 5.97 Å². The number of aromatic carboxylic acids is 1. The molecule has 0 saturated heterocycles. The molecule has 7 heteroatoms. The van der Waals surface area contributed by atoms with Crippen molar-refractivity contribution in [2.45, 2.75) is 6.92 Å². The number of ether oxygens (including phenoxy) is 1. The van der Waals surface area contributed by atoms with E-state index in [9.17, 15) is 4.79 Å². The fraction of sp³-hybridized carbons (Fsp3) is 0.143. The van der Waals surface area contributed by atoms with Crippen LogP contribution in [-0.2, 0) is 0 Å². The van der Waals surface area contributed by atoms with Crippen LogP contribution in [0.1, 0.15) is 16.2 Å². The van der Waals surface area contributed by atoms with Crippen molar-refractivity contribution in [3.63, 3.8) is 0 Å². The van der Waals surface area contributed by atoms with Crippen LogP contribution < -0.4 is 4.74 Å². The normalized spacial score (nSPS) is 10.8. The summed E-state index contributed by atoms with van der Waals surface area (Å²) in [6.07, 6.45) is 3.07. The highest BCUT2D eigenvalue weighted by molar-refractivity contribution is 5.92. The van der Waals surface area contributed by atoms with Gasteiger partial charge in [-0.1, -0.05) is 0 Å². The van der Waals surface area contributed by atoms with Crippen molar-refractivity contribution in [1.82, 2.24) is 19.4 Å². The third-order valence-electron chi connectivity index (χ3n) is 3.14. The minimum absolute atomic E-state index is 0.0685. The van der Waals surface area contributed by atoms with Crippen LogP contribution in [0.15, 0.2) is 30.7 Å². The van der Waals surface area contributed by atoms with Crippen molar-refractivity contribution in [2.75, 3.05) is 7.11 Å². The van der Waals surface area contributed by atoms with Crippen LogP contribution in [0.2, 0.25) is 0 Å². The number of fused-ring (bicyclic) bond motifs is 1. The second-order valence-electron chi connectivity index (χ2n) is 4.46. The maximum Gasteiger partial charge on any atom is 0.358 e. The van der Waals surface area contributed by atoms with Crippen molar-refractivity contribution in [3.8, 4) is 17.1 Å². The summed E-state index contributed by atoms with van der Waals surface area (Å²) in [5.41, 5.74) is 2.52. The van der Waals surface area contributed by atoms with Gasteiger partial charge in [0.1, 0.15) is 6.33 Å². The second kappa shape index (κ2) is 4.86. The topological polar surface area (TPSA) is 89.6 Å². The lowest BCUT2D eigenvalue weighted by atomic mass is 10.1. The monoisotopic (exact) mass is 284 g/mol. The Balaban J connectivity index is 2.23. The molecule has 0 atom stereocenters. The van der Waals surface area contributed by atoms with Gasteiger partial charge in [-0.15, -0.1) is 0 Å². The van der Waals surface area contributed by atoms with Crippen LogP contribution in [0.5, 0.6) is 5.88 Å². The van der Waals surface area contributed by atoms with Crippen molar-refractivity contribution in [2.24, 2.45) is 0 Å². The molecule has 0 aliphatic rings. The van der Waals surface area contributed by atoms with Gasteiger partial charge in [0.2, 0.25) is 5.88 Å². The first-order valence-corrected chi connectivity index (χ1v) is 6.18. The van der Waals surface area contributed by atoms with Crippen LogP contribution in [0.25, 0.3) is 16.9 Å². The Hall–Kier alpha value is -2.96. The van der Waals surface area contributed by atoms with Gasteiger partial charge in [-0.05, 0) is 19.1 Å². The summed E-state index contributed by atoms with van der Waals surface area (Å²) in [5.74, 6) is -0.632. The van der Waals surface area contributed by atoms with Gasteiger partial charge in [-0.25, -0.2) is 19.7 Å². The number of rotatable bonds is 3. The van der Waals surface area contributed by atoms with E-state index in [-0.39, 0.29) is 5.69 Å². The van der Waals surface area contributed by atoms with E-state index in [1.165, 1.54) is 13.4 Å². The number of aryl methyl sites for hydroxylation is 1. The molecule has 0 amide bonds. The first-order chi connectivity index (χ1) is 10.1. The number of hydrogen-bond donors (Lipinski definition) is 1. The van der Waals surface area contributed by atoms with Gasteiger partial charge in [0.15, 0.2) is 11.3 Å². The van der Waals surface area contributed by atoms with Crippen molar-refractivity contribution >= 4 is 11.6 Å². The van der Waals surface area contributed by atoms with Crippen molar-refractivity contribution in [1.29, 1.82) is 0 Å². The second-order valence-corrected chi connectivity index (χ2v) is 4.46. The number of hydrogen-bond acceptors (Lipinski definition) is 5. The van der Waals surface area contributed by atoms with Crippen LogP contribution >= 0.6 is 0 Å². The summed E-state index contributed by atoms with van der Waals surface area (Å²) in [5, 5.41) is 9.16. The zero-order chi connectivity index (χ0) is 15.0. The van der Waals surface area contributed by atoms with Crippen LogP contribution in [0, 0.1) is 6.92 Å². The number of aromatic nitrogens is 4. The Morgan fingerprint density at radius 3 is 2.86 bits per heavy atom. The van der Waals surface area contributed by atoms with E-state index in [0.717, 1.165) is 11.3 Å². The SMILES string of the molecule is COc1cc(-c2cc(C)n3cnc(C(=O)O)c3n2)ccn1. The number of methoxy groups -OCH3 is 1. The number of nitrogens with zero attached hydrogens (tertiary/aromatic N) is 4. The van der Waals surface area contributed by atoms with Gasteiger partial charge in [0.25, 0.3) is 0 Å². The number of pyridine rings is 1. The zero-order valence-electron chi connectivity index (χ0n) is 11.4. The average molecular weight is 284 g/mol. The maximum absolute atomic E-state index is 11.2. The van der Waals surface area contributed by atoms with Crippen LogP contribution in [0.3, 0.4) is 0 Å². The minimum atomic E-state index is -1.10. The molecule has 0 spiro atoms. The molecule has 1 N–H and O–H groups in total. The summed E-state index contributed by atoms with van der Waals surface area (Å²) in [7, 11) is 1.54. The number of carboxylic acids is 1. The van der Waals surface area contributed by atoms with Crippen LogP contribution in [-0.4, -0.2) is 37.5 Å². The molecule has 0 aromatic carbocycles. The molecule has 0 aliphatic heterocycles. The van der Waals surface area contributed by atoms with Gasteiger partial charge in [0, 0.05) is 23.5 Å². The Labute approximate surface area is 119 Å². The molecule has 0 fully saturated rings. The fourth-order valence-electron chi connectivity index (χ4n) is 2.10. The van der Waals surface area contributed by atoms with Gasteiger partial charge in [0.05, 0.1) is 12.8 Å². The molecule has 7 nitrogen and oxygen atoms in total. The summed E-state index contributed by atoms with van der Waals surface area (Å²) in [6, 6.07) is 5.39. The lowest BCUT2D eigenvalue weighted by Gasteiger charge is -2.06. The Bertz CT molecular complexity index is 841. The molecule has 21 heavy (non-hydrogen) atoms. The maximum atomic E-state index is 11.2. The molecule has 3 rings (SSSR count). The predicted molar refractivity (Wildman–Crippen MR) is 74.5 cm³/mol. The van der Waals surface area contributed by atoms with E-state index in [4.69, 9.17) is 9.84 Å². The summed E-state index contributed by atoms with van der Waals surface area (Å²) < 4.78 is 6.73. The lowest BCUT2D eigenvalue weighted by molar-refractivity contribution is 0.0693. The van der Waals surface area contributed by atoms with Gasteiger partial charge in [-0.3, -0.25) is 4.40 Å². The molecule has 0 aliphatic carbocycles. The average Bonchev–Trinajstić information content (AvgIpc) is 2.92. The van der Waals surface area contributed by atoms with Crippen molar-refractivity contribution in [3.05, 3.63) is 42.1 Å². The number of imidazole rings is 1. The highest BCUT2D eigenvalue weighted by Gasteiger charge is 2.16. The lowest BCUT2D eigenvalue weighted by Crippen LogP contribution is -2.01. The standard InChI is InChI=1S/C14H12N4O3/c1-8-5-10(9-3-4-15-11(6-9)21-2)17-13-12(14(19)20)16-7-18(8)13/h3-7H,1-2H3,(H,19,20). The number of carbonyl (C=O) groups is 1. The highest BCUT2D eigenvalue weighted by Crippen LogP contribution is 2.23. The Morgan fingerprint density at radius 2 is 2.14 bits per heavy atom. The molecular weight excluding hydrogens is 272 g/mol. The number of carboxylic acid groups (broad SMARTS) is 1. The first-order valence-electron chi connectivity index (χ1n) is 6.18. The Kier molecular flexibility index (Phi) is 3.02. The summed E-state index contributed by atoms with van der Waals surface area (Å²) >= 11 is 0. The molecule has 3 aromatic heterocycles. The third-order valence-corrected chi connectivity index (χ3v) is 3.14.